The van der Waals surface area contributed by atoms with Gasteiger partial charge in [0.25, 0.3) is 5.91 Å². The van der Waals surface area contributed by atoms with Crippen LogP contribution in [-0.2, 0) is 0 Å². The monoisotopic (exact) mass is 304 g/mol. The second-order valence-corrected chi connectivity index (χ2v) is 6.64. The Labute approximate surface area is 130 Å². The van der Waals surface area contributed by atoms with E-state index >= 15 is 0 Å². The average Bonchev–Trinajstić information content (AvgIpc) is 2.98. The summed E-state index contributed by atoms with van der Waals surface area (Å²) in [5, 5.41) is 3.85. The number of nitrogens with zero attached hydrogens (tertiary/aromatic N) is 1. The lowest BCUT2D eigenvalue weighted by atomic mass is 9.99. The van der Waals surface area contributed by atoms with E-state index in [9.17, 15) is 4.79 Å². The topological polar surface area (TPSA) is 41.5 Å². The van der Waals surface area contributed by atoms with Crippen molar-refractivity contribution < 1.29 is 4.79 Å². The number of carbonyl (C=O) groups excluding carboxylic acids is 1. The van der Waals surface area contributed by atoms with Gasteiger partial charge >= 0.3 is 0 Å². The van der Waals surface area contributed by atoms with Gasteiger partial charge in [-0.1, -0.05) is 18.5 Å². The maximum absolute atomic E-state index is 12.3. The summed E-state index contributed by atoms with van der Waals surface area (Å²) in [5.74, 6) is 2.10. The fraction of sp³-hybridized carbons (Fsp3) is 0.529. The number of rotatable bonds is 5. The molecule has 0 aliphatic heterocycles. The third-order valence-corrected chi connectivity index (χ3v) is 5.32. The summed E-state index contributed by atoms with van der Waals surface area (Å²) in [7, 11) is 0. The third-order valence-electron chi connectivity index (χ3n) is 5.07. The molecule has 3 rings (SSSR count). The number of nitrogens with one attached hydrogen (secondary N) is 1. The predicted octanol–water partition coefficient (Wildman–Crippen LogP) is 3.57. The molecule has 21 heavy (non-hydrogen) atoms. The Morgan fingerprint density at radius 2 is 2.00 bits per heavy atom. The highest BCUT2D eigenvalue weighted by molar-refractivity contribution is 6.30. The Morgan fingerprint density at radius 3 is 2.52 bits per heavy atom. The van der Waals surface area contributed by atoms with Gasteiger partial charge in [-0.2, -0.15) is 0 Å². The van der Waals surface area contributed by atoms with Crippen LogP contribution in [0.15, 0.2) is 29.3 Å². The van der Waals surface area contributed by atoms with E-state index in [1.807, 2.05) is 0 Å². The number of amides is 1. The lowest BCUT2D eigenvalue weighted by molar-refractivity contribution is 0.0927. The summed E-state index contributed by atoms with van der Waals surface area (Å²) < 4.78 is 0. The van der Waals surface area contributed by atoms with Gasteiger partial charge in [0.2, 0.25) is 0 Å². The minimum atomic E-state index is 0.00175. The summed E-state index contributed by atoms with van der Waals surface area (Å²) in [6, 6.07) is 7.77. The summed E-state index contributed by atoms with van der Waals surface area (Å²) in [5.41, 5.74) is 0.675. The van der Waals surface area contributed by atoms with Crippen molar-refractivity contribution >= 4 is 24.2 Å². The van der Waals surface area contributed by atoms with Crippen LogP contribution in [0.3, 0.4) is 0 Å². The van der Waals surface area contributed by atoms with Gasteiger partial charge < -0.3 is 5.32 Å². The smallest absolute Gasteiger partial charge is 0.251 e. The van der Waals surface area contributed by atoms with Crippen LogP contribution in [0.4, 0.5) is 0 Å². The van der Waals surface area contributed by atoms with Crippen molar-refractivity contribution in [1.82, 2.24) is 5.32 Å². The van der Waals surface area contributed by atoms with Crippen molar-refractivity contribution in [1.29, 1.82) is 0 Å². The molecule has 2 aliphatic carbocycles. The molecule has 1 N–H and O–H groups in total. The molecule has 0 bridgehead atoms. The van der Waals surface area contributed by atoms with Crippen molar-refractivity contribution in [2.75, 3.05) is 0 Å². The van der Waals surface area contributed by atoms with Gasteiger partial charge in [-0.3, -0.25) is 9.79 Å². The molecule has 4 heteroatoms. The maximum Gasteiger partial charge on any atom is 0.251 e. The van der Waals surface area contributed by atoms with Crippen LogP contribution < -0.4 is 5.32 Å². The molecule has 0 saturated heterocycles. The molecular formula is C17H21ClN2O. The van der Waals surface area contributed by atoms with E-state index < -0.39 is 0 Å². The lowest BCUT2D eigenvalue weighted by Gasteiger charge is -2.20. The number of benzene rings is 1. The van der Waals surface area contributed by atoms with Crippen molar-refractivity contribution in [2.45, 2.75) is 38.3 Å². The second-order valence-electron chi connectivity index (χ2n) is 6.21. The molecule has 2 aliphatic rings. The van der Waals surface area contributed by atoms with Gasteiger partial charge in [-0.25, -0.2) is 0 Å². The number of aliphatic imine (C=N–C) groups is 1. The zero-order chi connectivity index (χ0) is 15.0. The molecule has 112 valence electrons. The highest BCUT2D eigenvalue weighted by atomic mass is 35.5. The van der Waals surface area contributed by atoms with Crippen LogP contribution in [0.1, 0.15) is 36.5 Å². The van der Waals surface area contributed by atoms with Crippen LogP contribution in [0.2, 0.25) is 5.02 Å². The first kappa shape index (κ1) is 14.6. The number of hydrogen-bond donors (Lipinski definition) is 1. The number of hydrogen-bond acceptors (Lipinski definition) is 2. The molecular weight excluding hydrogens is 284 g/mol. The summed E-state index contributed by atoms with van der Waals surface area (Å²) in [6.45, 7) is 5.80. The maximum atomic E-state index is 12.3. The standard InChI is InChI=1S/C17H21ClN2O/c1-3-15(16-13-8-12(19-2)9-14(13)16)20-17(21)10-4-6-11(18)7-5-10/h4-7,12-16H,2-3,8-9H2,1H3,(H,20,21)/t12?,13-,14+,15?,16?. The molecule has 0 spiro atoms. The number of carbonyl (C=O) groups is 1. The van der Waals surface area contributed by atoms with Gasteiger partial charge in [-0.05, 0) is 68.0 Å². The molecule has 1 aromatic carbocycles. The molecule has 2 saturated carbocycles. The molecule has 1 aromatic rings. The minimum absolute atomic E-state index is 0.00175. The molecule has 1 amide bonds. The van der Waals surface area contributed by atoms with E-state index in [0.717, 1.165) is 31.1 Å². The van der Waals surface area contributed by atoms with Gasteiger partial charge in [-0.15, -0.1) is 0 Å². The number of fused-ring (bicyclic) bond motifs is 1. The molecule has 2 fully saturated rings. The molecule has 0 heterocycles. The Kier molecular flexibility index (Phi) is 4.03. The van der Waals surface area contributed by atoms with Gasteiger partial charge in [0.05, 0.1) is 0 Å². The zero-order valence-electron chi connectivity index (χ0n) is 12.3. The highest BCUT2D eigenvalue weighted by Gasteiger charge is 2.58. The summed E-state index contributed by atoms with van der Waals surface area (Å²) in [4.78, 5) is 16.5. The largest absolute Gasteiger partial charge is 0.349 e. The van der Waals surface area contributed by atoms with Crippen molar-refractivity contribution in [2.24, 2.45) is 22.7 Å². The fourth-order valence-electron chi connectivity index (χ4n) is 3.93. The number of halogens is 1. The Bertz CT molecular complexity index is 530. The average molecular weight is 305 g/mol. The van der Waals surface area contributed by atoms with E-state index in [0.29, 0.717) is 22.5 Å². The van der Waals surface area contributed by atoms with Gasteiger partial charge in [0.15, 0.2) is 0 Å². The van der Waals surface area contributed by atoms with Crippen LogP contribution >= 0.6 is 11.6 Å². The van der Waals surface area contributed by atoms with E-state index in [1.54, 1.807) is 24.3 Å². The normalized spacial score (nSPS) is 31.3. The first-order valence-electron chi connectivity index (χ1n) is 7.66. The Balaban J connectivity index is 1.60. The lowest BCUT2D eigenvalue weighted by Crippen LogP contribution is -2.37. The molecule has 0 radical (unpaired) electrons. The van der Waals surface area contributed by atoms with E-state index in [-0.39, 0.29) is 11.9 Å². The fourth-order valence-corrected chi connectivity index (χ4v) is 4.06. The molecule has 3 nitrogen and oxygen atoms in total. The predicted molar refractivity (Wildman–Crippen MR) is 86.0 cm³/mol. The quantitative estimate of drug-likeness (QED) is 0.830. The van der Waals surface area contributed by atoms with Crippen LogP contribution in [-0.4, -0.2) is 24.7 Å². The van der Waals surface area contributed by atoms with E-state index in [2.05, 4.69) is 24.0 Å². The SMILES string of the molecule is C=NC1C[C@@H]2C(C(CC)NC(=O)c3ccc(Cl)cc3)[C@@H]2C1. The van der Waals surface area contributed by atoms with E-state index in [1.165, 1.54) is 0 Å². The summed E-state index contributed by atoms with van der Waals surface area (Å²) >= 11 is 5.86. The van der Waals surface area contributed by atoms with Crippen LogP contribution in [0, 0.1) is 17.8 Å². The van der Waals surface area contributed by atoms with Gasteiger partial charge in [0.1, 0.15) is 0 Å². The summed E-state index contributed by atoms with van der Waals surface area (Å²) in [6.07, 6.45) is 3.27. The minimum Gasteiger partial charge on any atom is -0.349 e. The van der Waals surface area contributed by atoms with Crippen molar-refractivity contribution in [3.05, 3.63) is 34.9 Å². The molecule has 0 aromatic heterocycles. The third kappa shape index (κ3) is 2.84. The molecule has 3 unspecified atom stereocenters. The van der Waals surface area contributed by atoms with Crippen LogP contribution in [0.25, 0.3) is 0 Å². The molecule has 5 atom stereocenters. The van der Waals surface area contributed by atoms with E-state index in [4.69, 9.17) is 11.6 Å². The Hall–Kier alpha value is -1.35. The second kappa shape index (κ2) is 5.80. The Morgan fingerprint density at radius 1 is 1.38 bits per heavy atom. The zero-order valence-corrected chi connectivity index (χ0v) is 13.0. The first-order chi connectivity index (χ1) is 10.1. The van der Waals surface area contributed by atoms with Crippen molar-refractivity contribution in [3.63, 3.8) is 0 Å². The highest BCUT2D eigenvalue weighted by Crippen LogP contribution is 2.60. The van der Waals surface area contributed by atoms with Crippen molar-refractivity contribution in [3.8, 4) is 0 Å². The first-order valence-corrected chi connectivity index (χ1v) is 8.04. The van der Waals surface area contributed by atoms with Gasteiger partial charge in [0, 0.05) is 22.7 Å². The van der Waals surface area contributed by atoms with Crippen LogP contribution in [0.5, 0.6) is 0 Å².